The van der Waals surface area contributed by atoms with Crippen molar-refractivity contribution in [3.05, 3.63) is 34.9 Å². The molecule has 2 aliphatic rings. The van der Waals surface area contributed by atoms with Crippen LogP contribution in [0.15, 0.2) is 24.3 Å². The number of amides is 1. The topological polar surface area (TPSA) is 32.3 Å². The first-order valence-electron chi connectivity index (χ1n) is 7.31. The molecule has 4 heteroatoms. The smallest absolute Gasteiger partial charge is 0.225 e. The number of halogens is 1. The Labute approximate surface area is 125 Å². The Bertz CT molecular complexity index is 502. The lowest BCUT2D eigenvalue weighted by Crippen LogP contribution is -2.51. The molecule has 0 aromatic heterocycles. The predicted octanol–water partition coefficient (Wildman–Crippen LogP) is 2.65. The highest BCUT2D eigenvalue weighted by molar-refractivity contribution is 6.30. The highest BCUT2D eigenvalue weighted by Gasteiger charge is 2.48. The van der Waals surface area contributed by atoms with Gasteiger partial charge in [0, 0.05) is 24.2 Å². The largest absolute Gasteiger partial charge is 0.359 e. The first-order chi connectivity index (χ1) is 9.61. The predicted molar refractivity (Wildman–Crippen MR) is 80.9 cm³/mol. The fourth-order valence-corrected chi connectivity index (χ4v) is 4.17. The third kappa shape index (κ3) is 2.23. The maximum atomic E-state index is 12.4. The number of fused-ring (bicyclic) bond motifs is 2. The standard InChI is InChI=1S/C16H21ClN2O/c1-18-16(20)15-13(10-3-5-11(17)6-4-10)9-12-7-8-14(15)19(12)2/h3-6,12-15H,7-9H2,1-2H3,(H,18,20)/t12-,13-,14?,15?/m1/s1. The van der Waals surface area contributed by atoms with Gasteiger partial charge in [-0.2, -0.15) is 0 Å². The van der Waals surface area contributed by atoms with E-state index in [1.807, 2.05) is 12.1 Å². The second kappa shape index (κ2) is 5.38. The number of nitrogens with one attached hydrogen (secondary N) is 1. The molecule has 2 fully saturated rings. The lowest BCUT2D eigenvalue weighted by atomic mass is 9.75. The molecular formula is C16H21ClN2O. The van der Waals surface area contributed by atoms with E-state index in [9.17, 15) is 4.79 Å². The van der Waals surface area contributed by atoms with Crippen LogP contribution in [-0.2, 0) is 4.79 Å². The number of rotatable bonds is 2. The van der Waals surface area contributed by atoms with Crippen LogP contribution >= 0.6 is 11.6 Å². The van der Waals surface area contributed by atoms with Gasteiger partial charge in [0.15, 0.2) is 0 Å². The van der Waals surface area contributed by atoms with E-state index in [1.54, 1.807) is 7.05 Å². The number of piperidine rings is 1. The van der Waals surface area contributed by atoms with Crippen LogP contribution in [0.2, 0.25) is 5.02 Å². The average Bonchev–Trinajstić information content (AvgIpc) is 2.70. The second-order valence-corrected chi connectivity index (χ2v) is 6.43. The summed E-state index contributed by atoms with van der Waals surface area (Å²) in [5, 5.41) is 3.61. The zero-order valence-electron chi connectivity index (χ0n) is 12.0. The van der Waals surface area contributed by atoms with Crippen molar-refractivity contribution in [1.82, 2.24) is 10.2 Å². The molecule has 0 spiro atoms. The van der Waals surface area contributed by atoms with Gasteiger partial charge in [-0.25, -0.2) is 0 Å². The molecule has 2 unspecified atom stereocenters. The van der Waals surface area contributed by atoms with Gasteiger partial charge in [0.05, 0.1) is 5.92 Å². The van der Waals surface area contributed by atoms with Crippen molar-refractivity contribution in [2.24, 2.45) is 5.92 Å². The molecule has 0 saturated carbocycles. The maximum Gasteiger partial charge on any atom is 0.225 e. The molecule has 2 bridgehead atoms. The molecule has 1 aromatic carbocycles. The number of benzene rings is 1. The Balaban J connectivity index is 1.95. The van der Waals surface area contributed by atoms with Crippen molar-refractivity contribution in [3.63, 3.8) is 0 Å². The van der Waals surface area contributed by atoms with Gasteiger partial charge in [0.25, 0.3) is 0 Å². The van der Waals surface area contributed by atoms with Crippen LogP contribution in [0.5, 0.6) is 0 Å². The fraction of sp³-hybridized carbons (Fsp3) is 0.562. The molecule has 1 aromatic rings. The highest BCUT2D eigenvalue weighted by atomic mass is 35.5. The van der Waals surface area contributed by atoms with Crippen LogP contribution in [0.1, 0.15) is 30.7 Å². The molecule has 0 aliphatic carbocycles. The van der Waals surface area contributed by atoms with E-state index in [0.717, 1.165) is 17.9 Å². The van der Waals surface area contributed by atoms with Crippen LogP contribution in [0.3, 0.4) is 0 Å². The Kier molecular flexibility index (Phi) is 3.74. The van der Waals surface area contributed by atoms with Crippen LogP contribution in [0.4, 0.5) is 0 Å². The minimum absolute atomic E-state index is 0.0462. The van der Waals surface area contributed by atoms with Gasteiger partial charge < -0.3 is 5.32 Å². The maximum absolute atomic E-state index is 12.4. The molecule has 1 amide bonds. The Morgan fingerprint density at radius 2 is 2.00 bits per heavy atom. The van der Waals surface area contributed by atoms with Gasteiger partial charge >= 0.3 is 0 Å². The van der Waals surface area contributed by atoms with Gasteiger partial charge in [-0.1, -0.05) is 23.7 Å². The van der Waals surface area contributed by atoms with Gasteiger partial charge in [0.2, 0.25) is 5.91 Å². The Hall–Kier alpha value is -1.06. The lowest BCUT2D eigenvalue weighted by molar-refractivity contribution is -0.128. The fourth-order valence-electron chi connectivity index (χ4n) is 4.04. The summed E-state index contributed by atoms with van der Waals surface area (Å²) in [6, 6.07) is 8.99. The van der Waals surface area contributed by atoms with Crippen molar-refractivity contribution in [1.29, 1.82) is 0 Å². The first-order valence-corrected chi connectivity index (χ1v) is 7.68. The third-order valence-corrected chi connectivity index (χ3v) is 5.37. The lowest BCUT2D eigenvalue weighted by Gasteiger charge is -2.42. The molecule has 108 valence electrons. The zero-order valence-corrected chi connectivity index (χ0v) is 12.7. The van der Waals surface area contributed by atoms with E-state index >= 15 is 0 Å². The molecule has 0 radical (unpaired) electrons. The van der Waals surface area contributed by atoms with Gasteiger partial charge in [0.1, 0.15) is 0 Å². The van der Waals surface area contributed by atoms with E-state index in [2.05, 4.69) is 29.4 Å². The summed E-state index contributed by atoms with van der Waals surface area (Å²) in [5.41, 5.74) is 1.24. The molecule has 1 N–H and O–H groups in total. The summed E-state index contributed by atoms with van der Waals surface area (Å²) in [6.07, 6.45) is 3.40. The zero-order chi connectivity index (χ0) is 14.3. The molecule has 3 rings (SSSR count). The first kappa shape index (κ1) is 13.9. The van der Waals surface area contributed by atoms with Gasteiger partial charge in [-0.3, -0.25) is 9.69 Å². The summed E-state index contributed by atoms with van der Waals surface area (Å²) in [5.74, 6) is 0.521. The molecule has 2 heterocycles. The number of carbonyl (C=O) groups excluding carboxylic acids is 1. The van der Waals surface area contributed by atoms with Crippen LogP contribution in [-0.4, -0.2) is 37.0 Å². The van der Waals surface area contributed by atoms with Crippen molar-refractivity contribution < 1.29 is 4.79 Å². The summed E-state index contributed by atoms with van der Waals surface area (Å²) in [7, 11) is 3.90. The van der Waals surface area contributed by atoms with E-state index in [1.165, 1.54) is 12.0 Å². The monoisotopic (exact) mass is 292 g/mol. The molecular weight excluding hydrogens is 272 g/mol. The van der Waals surface area contributed by atoms with E-state index in [-0.39, 0.29) is 11.8 Å². The van der Waals surface area contributed by atoms with Crippen molar-refractivity contribution in [2.75, 3.05) is 14.1 Å². The van der Waals surface area contributed by atoms with Crippen LogP contribution in [0, 0.1) is 5.92 Å². The summed E-state index contributed by atoms with van der Waals surface area (Å²) in [6.45, 7) is 0. The van der Waals surface area contributed by atoms with Crippen molar-refractivity contribution >= 4 is 17.5 Å². The molecule has 3 nitrogen and oxygen atoms in total. The normalized spacial score (nSPS) is 33.1. The summed E-state index contributed by atoms with van der Waals surface area (Å²) < 4.78 is 0. The molecule has 2 saturated heterocycles. The van der Waals surface area contributed by atoms with E-state index < -0.39 is 0 Å². The SMILES string of the molecule is CNC(=O)C1C2CC[C@H](C[C@@H]1c1ccc(Cl)cc1)N2C. The summed E-state index contributed by atoms with van der Waals surface area (Å²) in [4.78, 5) is 14.8. The van der Waals surface area contributed by atoms with Crippen molar-refractivity contribution in [3.8, 4) is 0 Å². The number of nitrogens with zero attached hydrogens (tertiary/aromatic N) is 1. The van der Waals surface area contributed by atoms with Crippen molar-refractivity contribution in [2.45, 2.75) is 37.3 Å². The number of carbonyl (C=O) groups is 1. The number of hydrogen-bond donors (Lipinski definition) is 1. The summed E-state index contributed by atoms with van der Waals surface area (Å²) >= 11 is 5.98. The third-order valence-electron chi connectivity index (χ3n) is 5.12. The molecule has 20 heavy (non-hydrogen) atoms. The van der Waals surface area contributed by atoms with E-state index in [4.69, 9.17) is 11.6 Å². The van der Waals surface area contributed by atoms with Gasteiger partial charge in [-0.15, -0.1) is 0 Å². The van der Waals surface area contributed by atoms with Crippen LogP contribution in [0.25, 0.3) is 0 Å². The average molecular weight is 293 g/mol. The Morgan fingerprint density at radius 3 is 2.65 bits per heavy atom. The van der Waals surface area contributed by atoms with E-state index in [0.29, 0.717) is 18.0 Å². The molecule has 2 aliphatic heterocycles. The quantitative estimate of drug-likeness (QED) is 0.909. The molecule has 4 atom stereocenters. The second-order valence-electron chi connectivity index (χ2n) is 6.00. The Morgan fingerprint density at radius 1 is 1.30 bits per heavy atom. The number of hydrogen-bond acceptors (Lipinski definition) is 2. The minimum atomic E-state index is 0.0462. The minimum Gasteiger partial charge on any atom is -0.359 e. The van der Waals surface area contributed by atoms with Crippen LogP contribution < -0.4 is 5.32 Å². The van der Waals surface area contributed by atoms with Gasteiger partial charge in [-0.05, 0) is 49.9 Å². The highest BCUT2D eigenvalue weighted by Crippen LogP contribution is 2.46.